The first-order chi connectivity index (χ1) is 11.2. The molecule has 0 heterocycles. The minimum absolute atomic E-state index is 0.0241. The fourth-order valence-electron chi connectivity index (χ4n) is 2.23. The van der Waals surface area contributed by atoms with Crippen molar-refractivity contribution in [1.82, 2.24) is 0 Å². The van der Waals surface area contributed by atoms with E-state index in [-0.39, 0.29) is 11.4 Å². The van der Waals surface area contributed by atoms with E-state index in [2.05, 4.69) is 31.4 Å². The summed E-state index contributed by atoms with van der Waals surface area (Å²) in [5.41, 5.74) is 3.30. The Hall–Kier alpha value is -2.20. The highest BCUT2D eigenvalue weighted by Crippen LogP contribution is 2.31. The number of methoxy groups -OCH3 is 1. The van der Waals surface area contributed by atoms with Gasteiger partial charge in [0.25, 0.3) is 0 Å². The predicted molar refractivity (Wildman–Crippen MR) is 101 cm³/mol. The molecule has 0 atom stereocenters. The van der Waals surface area contributed by atoms with Gasteiger partial charge in [0.15, 0.2) is 0 Å². The van der Waals surface area contributed by atoms with Crippen LogP contribution in [0.3, 0.4) is 0 Å². The molecule has 0 aliphatic carbocycles. The fourth-order valence-corrected chi connectivity index (χ4v) is 2.41. The van der Waals surface area contributed by atoms with E-state index in [1.165, 1.54) is 0 Å². The molecule has 0 bridgehead atoms. The van der Waals surface area contributed by atoms with Crippen molar-refractivity contribution in [1.29, 1.82) is 0 Å². The normalized spacial score (nSPS) is 11.1. The molecule has 128 valence electrons. The van der Waals surface area contributed by atoms with Crippen LogP contribution in [0.4, 0.5) is 16.2 Å². The SMILES string of the molecule is COc1ccc(C(C)(C)C)cc1NC(=O)Nc1ccc(C)c(Cl)c1. The lowest BCUT2D eigenvalue weighted by Crippen LogP contribution is -2.20. The number of aryl methyl sites for hydroxylation is 1. The Morgan fingerprint density at radius 2 is 1.79 bits per heavy atom. The van der Waals surface area contributed by atoms with E-state index < -0.39 is 0 Å². The molecule has 2 aromatic carbocycles. The zero-order chi connectivity index (χ0) is 17.9. The summed E-state index contributed by atoms with van der Waals surface area (Å²) < 4.78 is 5.34. The van der Waals surface area contributed by atoms with Gasteiger partial charge in [0.05, 0.1) is 12.8 Å². The molecule has 4 nitrogen and oxygen atoms in total. The highest BCUT2D eigenvalue weighted by molar-refractivity contribution is 6.31. The van der Waals surface area contributed by atoms with Crippen molar-refractivity contribution >= 4 is 29.0 Å². The van der Waals surface area contributed by atoms with Crippen LogP contribution in [0.15, 0.2) is 36.4 Å². The highest BCUT2D eigenvalue weighted by atomic mass is 35.5. The maximum Gasteiger partial charge on any atom is 0.323 e. The fraction of sp³-hybridized carbons (Fsp3) is 0.316. The summed E-state index contributed by atoms with van der Waals surface area (Å²) in [5, 5.41) is 6.23. The van der Waals surface area contributed by atoms with Gasteiger partial charge in [0.2, 0.25) is 0 Å². The zero-order valence-electron chi connectivity index (χ0n) is 14.7. The van der Waals surface area contributed by atoms with E-state index in [4.69, 9.17) is 16.3 Å². The number of rotatable bonds is 3. The van der Waals surface area contributed by atoms with E-state index in [1.54, 1.807) is 13.2 Å². The molecule has 0 saturated heterocycles. The quantitative estimate of drug-likeness (QED) is 0.760. The predicted octanol–water partition coefficient (Wildman–Crippen LogP) is 5.60. The van der Waals surface area contributed by atoms with Gasteiger partial charge in [-0.15, -0.1) is 0 Å². The van der Waals surface area contributed by atoms with Crippen LogP contribution in [0.1, 0.15) is 31.9 Å². The Morgan fingerprint density at radius 1 is 1.08 bits per heavy atom. The van der Waals surface area contributed by atoms with Crippen LogP contribution in [0, 0.1) is 6.92 Å². The Bertz CT molecular complexity index is 752. The average molecular weight is 347 g/mol. The van der Waals surface area contributed by atoms with Crippen molar-refractivity contribution in [2.45, 2.75) is 33.1 Å². The number of anilines is 2. The number of halogens is 1. The molecule has 0 saturated carbocycles. The summed E-state index contributed by atoms with van der Waals surface area (Å²) in [7, 11) is 1.58. The number of ether oxygens (including phenoxy) is 1. The molecule has 0 radical (unpaired) electrons. The van der Waals surface area contributed by atoms with Crippen molar-refractivity contribution in [2.24, 2.45) is 0 Å². The van der Waals surface area contributed by atoms with Crippen LogP contribution in [0.5, 0.6) is 5.75 Å². The van der Waals surface area contributed by atoms with Crippen molar-refractivity contribution in [3.05, 3.63) is 52.5 Å². The van der Waals surface area contributed by atoms with E-state index in [9.17, 15) is 4.79 Å². The number of nitrogens with one attached hydrogen (secondary N) is 2. The molecule has 5 heteroatoms. The summed E-state index contributed by atoms with van der Waals surface area (Å²) in [4.78, 5) is 12.3. The lowest BCUT2D eigenvalue weighted by Gasteiger charge is -2.21. The Morgan fingerprint density at radius 3 is 2.38 bits per heavy atom. The first kappa shape index (κ1) is 18.1. The van der Waals surface area contributed by atoms with Crippen molar-refractivity contribution in [3.63, 3.8) is 0 Å². The number of hydrogen-bond donors (Lipinski definition) is 2. The van der Waals surface area contributed by atoms with Gasteiger partial charge in [-0.1, -0.05) is 44.5 Å². The van der Waals surface area contributed by atoms with Gasteiger partial charge in [0.1, 0.15) is 5.75 Å². The van der Waals surface area contributed by atoms with E-state index in [1.807, 2.05) is 37.3 Å². The van der Waals surface area contributed by atoms with Gasteiger partial charge in [-0.05, 0) is 47.7 Å². The highest BCUT2D eigenvalue weighted by Gasteiger charge is 2.17. The van der Waals surface area contributed by atoms with Gasteiger partial charge < -0.3 is 15.4 Å². The Balaban J connectivity index is 2.19. The van der Waals surface area contributed by atoms with E-state index >= 15 is 0 Å². The molecular weight excluding hydrogens is 324 g/mol. The second-order valence-corrected chi connectivity index (χ2v) is 7.12. The Labute approximate surface area is 148 Å². The van der Waals surface area contributed by atoms with Gasteiger partial charge in [-0.25, -0.2) is 4.79 Å². The molecule has 0 unspecified atom stereocenters. The third kappa shape index (κ3) is 4.42. The number of amides is 2. The third-order valence-corrected chi connectivity index (χ3v) is 4.15. The molecule has 2 aromatic rings. The molecule has 2 amide bonds. The van der Waals surface area contributed by atoms with Gasteiger partial charge in [-0.2, -0.15) is 0 Å². The summed E-state index contributed by atoms with van der Waals surface area (Å²) in [6.45, 7) is 8.27. The van der Waals surface area contributed by atoms with Crippen LogP contribution in [0.25, 0.3) is 0 Å². The molecule has 0 aliphatic heterocycles. The van der Waals surface area contributed by atoms with Gasteiger partial charge >= 0.3 is 6.03 Å². The van der Waals surface area contributed by atoms with Crippen LogP contribution in [0.2, 0.25) is 5.02 Å². The first-order valence-corrected chi connectivity index (χ1v) is 8.11. The topological polar surface area (TPSA) is 50.4 Å². The number of carbonyl (C=O) groups is 1. The molecule has 2 N–H and O–H groups in total. The average Bonchev–Trinajstić information content (AvgIpc) is 2.50. The first-order valence-electron chi connectivity index (χ1n) is 7.73. The van der Waals surface area contributed by atoms with Gasteiger partial charge in [0, 0.05) is 10.7 Å². The smallest absolute Gasteiger partial charge is 0.323 e. The van der Waals surface area contributed by atoms with Crippen LogP contribution in [-0.4, -0.2) is 13.1 Å². The van der Waals surface area contributed by atoms with Crippen LogP contribution in [-0.2, 0) is 5.41 Å². The van der Waals surface area contributed by atoms with Crippen molar-refractivity contribution in [2.75, 3.05) is 17.7 Å². The third-order valence-electron chi connectivity index (χ3n) is 3.74. The molecular formula is C19H23ClN2O2. The minimum Gasteiger partial charge on any atom is -0.495 e. The summed E-state index contributed by atoms with van der Waals surface area (Å²) in [5.74, 6) is 0.611. The lowest BCUT2D eigenvalue weighted by atomic mass is 9.87. The molecule has 0 spiro atoms. The van der Waals surface area contributed by atoms with Crippen molar-refractivity contribution in [3.8, 4) is 5.75 Å². The maximum absolute atomic E-state index is 12.3. The largest absolute Gasteiger partial charge is 0.495 e. The molecule has 2 rings (SSSR count). The summed E-state index contributed by atoms with van der Waals surface area (Å²) in [6.07, 6.45) is 0. The number of benzene rings is 2. The molecule has 0 fully saturated rings. The van der Waals surface area contributed by atoms with Crippen LogP contribution < -0.4 is 15.4 Å². The van der Waals surface area contributed by atoms with E-state index in [0.29, 0.717) is 22.1 Å². The monoisotopic (exact) mass is 346 g/mol. The summed E-state index contributed by atoms with van der Waals surface area (Å²) in [6, 6.07) is 10.8. The number of urea groups is 1. The number of hydrogen-bond acceptors (Lipinski definition) is 2. The lowest BCUT2D eigenvalue weighted by molar-refractivity contribution is 0.262. The minimum atomic E-state index is -0.348. The maximum atomic E-state index is 12.3. The Kier molecular flexibility index (Phi) is 5.40. The number of carbonyl (C=O) groups excluding carboxylic acids is 1. The second kappa shape index (κ2) is 7.14. The standard InChI is InChI=1S/C19H23ClN2O2/c1-12-6-8-14(11-15(12)20)21-18(23)22-16-10-13(19(2,3)4)7-9-17(16)24-5/h6-11H,1-5H3,(H2,21,22,23). The molecule has 24 heavy (non-hydrogen) atoms. The van der Waals surface area contributed by atoms with Crippen molar-refractivity contribution < 1.29 is 9.53 Å². The van der Waals surface area contributed by atoms with Gasteiger partial charge in [-0.3, -0.25) is 0 Å². The molecule has 0 aromatic heterocycles. The van der Waals surface area contributed by atoms with E-state index in [0.717, 1.165) is 11.1 Å². The van der Waals surface area contributed by atoms with Crippen LogP contribution >= 0.6 is 11.6 Å². The second-order valence-electron chi connectivity index (χ2n) is 6.71. The zero-order valence-corrected chi connectivity index (χ0v) is 15.4. The summed E-state index contributed by atoms with van der Waals surface area (Å²) >= 11 is 6.08. The molecule has 0 aliphatic rings.